The fourth-order valence-corrected chi connectivity index (χ4v) is 2.74. The van der Waals surface area contributed by atoms with Crippen molar-refractivity contribution in [1.29, 1.82) is 0 Å². The lowest BCUT2D eigenvalue weighted by Gasteiger charge is -2.47. The van der Waals surface area contributed by atoms with E-state index in [1.807, 2.05) is 6.92 Å². The fourth-order valence-electron chi connectivity index (χ4n) is 2.74. The number of nitrogens with zero attached hydrogens (tertiary/aromatic N) is 3. The van der Waals surface area contributed by atoms with Crippen molar-refractivity contribution in [3.63, 3.8) is 0 Å². The summed E-state index contributed by atoms with van der Waals surface area (Å²) in [5, 5.41) is 3.37. The predicted molar refractivity (Wildman–Crippen MR) is 74.7 cm³/mol. The maximum absolute atomic E-state index is 11.6. The Labute approximate surface area is 112 Å². The molecule has 0 atom stereocenters. The zero-order valence-electron chi connectivity index (χ0n) is 11.4. The lowest BCUT2D eigenvalue weighted by atomic mass is 10.1. The van der Waals surface area contributed by atoms with Gasteiger partial charge in [0.05, 0.1) is 0 Å². The Hall–Kier alpha value is -1.40. The Balaban J connectivity index is 1.63. The molecule has 19 heavy (non-hydrogen) atoms. The molecule has 104 valence electrons. The molecule has 0 amide bonds. The van der Waals surface area contributed by atoms with Crippen LogP contribution in [-0.2, 0) is 6.42 Å². The first-order valence-corrected chi connectivity index (χ1v) is 7.06. The highest BCUT2D eigenvalue weighted by molar-refractivity contribution is 5.41. The molecule has 2 N–H and O–H groups in total. The van der Waals surface area contributed by atoms with Gasteiger partial charge in [-0.3, -0.25) is 9.69 Å². The topological polar surface area (TPSA) is 64.3 Å². The molecule has 6 nitrogen and oxygen atoms in total. The first-order chi connectivity index (χ1) is 9.26. The standard InChI is InChI=1S/C13H21N5O/c1-2-11-15-12(7-13(19)16-11)18-8-10(9-18)17-5-3-14-4-6-17/h7,10,14H,2-6,8-9H2,1H3,(H,15,16,19). The highest BCUT2D eigenvalue weighted by Crippen LogP contribution is 2.21. The van der Waals surface area contributed by atoms with Gasteiger partial charge in [-0.2, -0.15) is 0 Å². The largest absolute Gasteiger partial charge is 0.353 e. The fraction of sp³-hybridized carbons (Fsp3) is 0.692. The van der Waals surface area contributed by atoms with Crippen LogP contribution in [0.1, 0.15) is 12.7 Å². The second-order valence-electron chi connectivity index (χ2n) is 5.25. The number of hydrogen-bond donors (Lipinski definition) is 2. The summed E-state index contributed by atoms with van der Waals surface area (Å²) in [7, 11) is 0. The van der Waals surface area contributed by atoms with Crippen LogP contribution in [-0.4, -0.2) is 60.2 Å². The number of aromatic amines is 1. The Morgan fingerprint density at radius 3 is 2.79 bits per heavy atom. The molecule has 0 radical (unpaired) electrons. The van der Waals surface area contributed by atoms with Gasteiger partial charge in [0.1, 0.15) is 11.6 Å². The van der Waals surface area contributed by atoms with Crippen molar-refractivity contribution in [2.24, 2.45) is 0 Å². The number of hydrogen-bond acceptors (Lipinski definition) is 5. The monoisotopic (exact) mass is 263 g/mol. The highest BCUT2D eigenvalue weighted by atomic mass is 16.1. The van der Waals surface area contributed by atoms with E-state index >= 15 is 0 Å². The quantitative estimate of drug-likeness (QED) is 0.764. The van der Waals surface area contributed by atoms with Crippen molar-refractivity contribution in [2.75, 3.05) is 44.2 Å². The minimum absolute atomic E-state index is 0.0486. The SMILES string of the molecule is CCc1nc(N2CC(N3CCNCC3)C2)cc(=O)[nH]1. The molecule has 2 fully saturated rings. The number of H-pyrrole nitrogens is 1. The van der Waals surface area contributed by atoms with Gasteiger partial charge in [-0.05, 0) is 0 Å². The Bertz CT molecular complexity index is 488. The summed E-state index contributed by atoms with van der Waals surface area (Å²) in [5.41, 5.74) is -0.0486. The smallest absolute Gasteiger partial charge is 0.252 e. The summed E-state index contributed by atoms with van der Waals surface area (Å²) in [4.78, 5) is 23.5. The molecule has 1 aromatic heterocycles. The summed E-state index contributed by atoms with van der Waals surface area (Å²) in [6, 6.07) is 2.22. The number of nitrogens with one attached hydrogen (secondary N) is 2. The van der Waals surface area contributed by atoms with Gasteiger partial charge in [-0.25, -0.2) is 4.98 Å². The van der Waals surface area contributed by atoms with Crippen LogP contribution in [0.2, 0.25) is 0 Å². The van der Waals surface area contributed by atoms with E-state index in [0.29, 0.717) is 6.04 Å². The van der Waals surface area contributed by atoms with E-state index in [4.69, 9.17) is 0 Å². The molecule has 0 aromatic carbocycles. The molecule has 0 bridgehead atoms. The van der Waals surface area contributed by atoms with Gasteiger partial charge in [0.15, 0.2) is 0 Å². The van der Waals surface area contributed by atoms with Gasteiger partial charge in [0.25, 0.3) is 5.56 Å². The maximum Gasteiger partial charge on any atom is 0.252 e. The van der Waals surface area contributed by atoms with Gasteiger partial charge >= 0.3 is 0 Å². The van der Waals surface area contributed by atoms with Crippen LogP contribution in [0.3, 0.4) is 0 Å². The lowest BCUT2D eigenvalue weighted by molar-refractivity contribution is 0.147. The van der Waals surface area contributed by atoms with Gasteiger partial charge in [0, 0.05) is 57.8 Å². The van der Waals surface area contributed by atoms with E-state index in [2.05, 4.69) is 25.1 Å². The Morgan fingerprint density at radius 2 is 2.11 bits per heavy atom. The minimum Gasteiger partial charge on any atom is -0.353 e. The highest BCUT2D eigenvalue weighted by Gasteiger charge is 2.33. The molecular weight excluding hydrogens is 242 g/mol. The van der Waals surface area contributed by atoms with Crippen LogP contribution >= 0.6 is 0 Å². The average molecular weight is 263 g/mol. The number of rotatable bonds is 3. The predicted octanol–water partition coefficient (Wildman–Crippen LogP) is -0.574. The van der Waals surface area contributed by atoms with E-state index in [1.54, 1.807) is 6.07 Å². The maximum atomic E-state index is 11.6. The number of aromatic nitrogens is 2. The summed E-state index contributed by atoms with van der Waals surface area (Å²) >= 11 is 0. The third-order valence-electron chi connectivity index (χ3n) is 3.97. The third kappa shape index (κ3) is 2.64. The van der Waals surface area contributed by atoms with Crippen LogP contribution < -0.4 is 15.8 Å². The summed E-state index contributed by atoms with van der Waals surface area (Å²) in [6.07, 6.45) is 0.762. The second-order valence-corrected chi connectivity index (χ2v) is 5.25. The van der Waals surface area contributed by atoms with Gasteiger partial charge in [-0.1, -0.05) is 6.92 Å². The van der Waals surface area contributed by atoms with Crippen molar-refractivity contribution >= 4 is 5.82 Å². The van der Waals surface area contributed by atoms with E-state index in [0.717, 1.165) is 57.3 Å². The normalized spacial score (nSPS) is 21.4. The van der Waals surface area contributed by atoms with E-state index in [9.17, 15) is 4.79 Å². The molecule has 2 saturated heterocycles. The number of piperazine rings is 1. The first kappa shape index (κ1) is 12.6. The van der Waals surface area contributed by atoms with Crippen molar-refractivity contribution in [2.45, 2.75) is 19.4 Å². The van der Waals surface area contributed by atoms with Gasteiger partial charge in [-0.15, -0.1) is 0 Å². The van der Waals surface area contributed by atoms with Crippen molar-refractivity contribution in [3.05, 3.63) is 22.2 Å². The Kier molecular flexibility index (Phi) is 3.52. The molecule has 3 rings (SSSR count). The van der Waals surface area contributed by atoms with Crippen LogP contribution in [0, 0.1) is 0 Å². The molecule has 1 aromatic rings. The summed E-state index contributed by atoms with van der Waals surface area (Å²) in [5.74, 6) is 1.60. The molecule has 0 aliphatic carbocycles. The van der Waals surface area contributed by atoms with E-state index in [-0.39, 0.29) is 5.56 Å². The number of aryl methyl sites for hydroxylation is 1. The summed E-state index contributed by atoms with van der Waals surface area (Å²) in [6.45, 7) is 8.39. The molecule has 6 heteroatoms. The third-order valence-corrected chi connectivity index (χ3v) is 3.97. The van der Waals surface area contributed by atoms with Crippen LogP contribution in [0.5, 0.6) is 0 Å². The van der Waals surface area contributed by atoms with Crippen molar-refractivity contribution in [1.82, 2.24) is 20.2 Å². The lowest BCUT2D eigenvalue weighted by Crippen LogP contribution is -2.63. The van der Waals surface area contributed by atoms with Crippen LogP contribution in [0.25, 0.3) is 0 Å². The van der Waals surface area contributed by atoms with Crippen molar-refractivity contribution in [3.8, 4) is 0 Å². The molecule has 0 saturated carbocycles. The zero-order chi connectivity index (χ0) is 13.2. The minimum atomic E-state index is -0.0486. The molecule has 2 aliphatic rings. The first-order valence-electron chi connectivity index (χ1n) is 7.06. The van der Waals surface area contributed by atoms with E-state index in [1.165, 1.54) is 0 Å². The molecule has 0 spiro atoms. The summed E-state index contributed by atoms with van der Waals surface area (Å²) < 4.78 is 0. The van der Waals surface area contributed by atoms with Crippen LogP contribution in [0.15, 0.2) is 10.9 Å². The van der Waals surface area contributed by atoms with Gasteiger partial charge in [0.2, 0.25) is 0 Å². The van der Waals surface area contributed by atoms with E-state index < -0.39 is 0 Å². The molecular formula is C13H21N5O. The Morgan fingerprint density at radius 1 is 1.37 bits per heavy atom. The zero-order valence-corrected chi connectivity index (χ0v) is 11.4. The molecule has 3 heterocycles. The molecule has 2 aliphatic heterocycles. The number of anilines is 1. The van der Waals surface area contributed by atoms with Gasteiger partial charge < -0.3 is 15.2 Å². The van der Waals surface area contributed by atoms with Crippen molar-refractivity contribution < 1.29 is 0 Å². The molecule has 0 unspecified atom stereocenters. The van der Waals surface area contributed by atoms with Crippen LogP contribution in [0.4, 0.5) is 5.82 Å². The second kappa shape index (κ2) is 5.30. The average Bonchev–Trinajstić information content (AvgIpc) is 2.37.